The molecule has 0 aromatic carbocycles. The Kier molecular flexibility index (Phi) is 3.08. The molecule has 0 aliphatic heterocycles. The van der Waals surface area contributed by atoms with Crippen LogP contribution in [0.15, 0.2) is 12.4 Å². The molecule has 0 bridgehead atoms. The van der Waals surface area contributed by atoms with Gasteiger partial charge in [-0.15, -0.1) is 10.2 Å². The van der Waals surface area contributed by atoms with Gasteiger partial charge in [0.25, 0.3) is 0 Å². The number of rotatable bonds is 2. The number of nitrogens with zero attached hydrogens (tertiary/aromatic N) is 4. The molecule has 0 saturated carbocycles. The van der Waals surface area contributed by atoms with Crippen molar-refractivity contribution in [2.45, 2.75) is 34.1 Å². The van der Waals surface area contributed by atoms with Crippen molar-refractivity contribution in [3.63, 3.8) is 0 Å². The second-order valence-corrected chi connectivity index (χ2v) is 5.90. The van der Waals surface area contributed by atoms with Gasteiger partial charge in [-0.05, 0) is 11.3 Å². The van der Waals surface area contributed by atoms with E-state index in [0.717, 1.165) is 12.2 Å². The molecule has 4 nitrogen and oxygen atoms in total. The van der Waals surface area contributed by atoms with E-state index in [1.54, 1.807) is 12.4 Å². The van der Waals surface area contributed by atoms with Gasteiger partial charge >= 0.3 is 0 Å². The fourth-order valence-corrected chi connectivity index (χ4v) is 1.82. The normalized spacial score (nSPS) is 14.2. The summed E-state index contributed by atoms with van der Waals surface area (Å²) in [6, 6.07) is 0. The van der Waals surface area contributed by atoms with E-state index < -0.39 is 0 Å². The predicted octanol–water partition coefficient (Wildman–Crippen LogP) is 3.00. The van der Waals surface area contributed by atoms with Gasteiger partial charge in [-0.3, -0.25) is 9.38 Å². The van der Waals surface area contributed by atoms with Crippen LogP contribution in [0.25, 0.3) is 5.65 Å². The third-order valence-electron chi connectivity index (χ3n) is 3.31. The SMILES string of the molecule is CC(Cc1nnc2cncc(Cl)n12)C(C)(C)C. The average molecular weight is 253 g/mol. The van der Waals surface area contributed by atoms with E-state index in [1.807, 2.05) is 4.40 Å². The molecule has 2 heterocycles. The van der Waals surface area contributed by atoms with Crippen LogP contribution in [0.3, 0.4) is 0 Å². The summed E-state index contributed by atoms with van der Waals surface area (Å²) in [6.07, 6.45) is 4.14. The third kappa shape index (κ3) is 2.41. The van der Waals surface area contributed by atoms with E-state index in [0.29, 0.717) is 16.7 Å². The van der Waals surface area contributed by atoms with Crippen LogP contribution in [0.1, 0.15) is 33.5 Å². The molecule has 1 unspecified atom stereocenters. The Morgan fingerprint density at radius 1 is 1.29 bits per heavy atom. The summed E-state index contributed by atoms with van der Waals surface area (Å²) in [5.74, 6) is 1.40. The molecule has 0 aliphatic carbocycles. The van der Waals surface area contributed by atoms with Gasteiger partial charge in [-0.25, -0.2) is 0 Å². The molecule has 0 fully saturated rings. The van der Waals surface area contributed by atoms with Crippen LogP contribution < -0.4 is 0 Å². The second kappa shape index (κ2) is 4.26. The number of halogens is 1. The Morgan fingerprint density at radius 3 is 2.65 bits per heavy atom. The summed E-state index contributed by atoms with van der Waals surface area (Å²) >= 11 is 6.12. The zero-order valence-corrected chi connectivity index (χ0v) is 11.4. The number of hydrogen-bond acceptors (Lipinski definition) is 3. The van der Waals surface area contributed by atoms with Gasteiger partial charge in [-0.2, -0.15) is 0 Å². The summed E-state index contributed by atoms with van der Waals surface area (Å²) in [6.45, 7) is 8.90. The van der Waals surface area contributed by atoms with Crippen molar-refractivity contribution in [2.75, 3.05) is 0 Å². The van der Waals surface area contributed by atoms with E-state index in [4.69, 9.17) is 11.6 Å². The predicted molar refractivity (Wildman–Crippen MR) is 68.1 cm³/mol. The molecule has 0 radical (unpaired) electrons. The van der Waals surface area contributed by atoms with Gasteiger partial charge < -0.3 is 0 Å². The Balaban J connectivity index is 2.37. The summed E-state index contributed by atoms with van der Waals surface area (Å²) < 4.78 is 1.86. The Morgan fingerprint density at radius 2 is 2.00 bits per heavy atom. The third-order valence-corrected chi connectivity index (χ3v) is 3.57. The van der Waals surface area contributed by atoms with Crippen LogP contribution in [-0.2, 0) is 6.42 Å². The smallest absolute Gasteiger partial charge is 0.180 e. The number of aromatic nitrogens is 4. The molecule has 1 atom stereocenters. The molecule has 2 aromatic heterocycles. The summed E-state index contributed by atoms with van der Waals surface area (Å²) in [4.78, 5) is 4.00. The lowest BCUT2D eigenvalue weighted by Gasteiger charge is -2.26. The van der Waals surface area contributed by atoms with Crippen LogP contribution in [0, 0.1) is 11.3 Å². The van der Waals surface area contributed by atoms with Crippen molar-refractivity contribution in [1.29, 1.82) is 0 Å². The second-order valence-electron chi connectivity index (χ2n) is 5.51. The topological polar surface area (TPSA) is 43.1 Å². The highest BCUT2D eigenvalue weighted by Crippen LogP contribution is 2.28. The molecule has 0 saturated heterocycles. The lowest BCUT2D eigenvalue weighted by Crippen LogP contribution is -2.20. The molecule has 17 heavy (non-hydrogen) atoms. The van der Waals surface area contributed by atoms with Crippen LogP contribution in [-0.4, -0.2) is 19.6 Å². The lowest BCUT2D eigenvalue weighted by molar-refractivity contribution is 0.256. The van der Waals surface area contributed by atoms with E-state index in [-0.39, 0.29) is 5.41 Å². The molecular weight excluding hydrogens is 236 g/mol. The quantitative estimate of drug-likeness (QED) is 0.825. The zero-order valence-electron chi connectivity index (χ0n) is 10.6. The summed E-state index contributed by atoms with van der Waals surface area (Å²) in [7, 11) is 0. The minimum atomic E-state index is 0.241. The molecular formula is C12H17ClN4. The van der Waals surface area contributed by atoms with E-state index in [2.05, 4.69) is 42.9 Å². The van der Waals surface area contributed by atoms with E-state index >= 15 is 0 Å². The van der Waals surface area contributed by atoms with Gasteiger partial charge in [0.15, 0.2) is 5.65 Å². The molecule has 0 N–H and O–H groups in total. The average Bonchev–Trinajstić information content (AvgIpc) is 2.61. The van der Waals surface area contributed by atoms with Crippen molar-refractivity contribution in [1.82, 2.24) is 19.6 Å². The van der Waals surface area contributed by atoms with Gasteiger partial charge in [0.2, 0.25) is 0 Å². The standard InChI is InChI=1S/C12H17ClN4/c1-8(12(2,3)4)5-10-15-16-11-7-14-6-9(13)17(10)11/h6-8H,5H2,1-4H3. The van der Waals surface area contributed by atoms with Gasteiger partial charge in [-0.1, -0.05) is 39.3 Å². The molecule has 0 amide bonds. The Labute approximate surface area is 106 Å². The largest absolute Gasteiger partial charge is 0.266 e. The number of fused-ring (bicyclic) bond motifs is 1. The van der Waals surface area contributed by atoms with E-state index in [1.165, 1.54) is 0 Å². The monoisotopic (exact) mass is 252 g/mol. The van der Waals surface area contributed by atoms with Crippen LogP contribution in [0.2, 0.25) is 5.15 Å². The summed E-state index contributed by atoms with van der Waals surface area (Å²) in [5, 5.41) is 8.84. The van der Waals surface area contributed by atoms with Crippen molar-refractivity contribution in [2.24, 2.45) is 11.3 Å². The maximum Gasteiger partial charge on any atom is 0.180 e. The highest BCUT2D eigenvalue weighted by Gasteiger charge is 2.22. The number of hydrogen-bond donors (Lipinski definition) is 0. The first-order valence-corrected chi connectivity index (χ1v) is 6.11. The first-order valence-electron chi connectivity index (χ1n) is 5.73. The van der Waals surface area contributed by atoms with Crippen LogP contribution >= 0.6 is 11.6 Å². The highest BCUT2D eigenvalue weighted by molar-refractivity contribution is 6.29. The minimum absolute atomic E-state index is 0.241. The van der Waals surface area contributed by atoms with Crippen molar-refractivity contribution in [3.05, 3.63) is 23.4 Å². The Hall–Kier alpha value is -1.16. The van der Waals surface area contributed by atoms with Gasteiger partial charge in [0.1, 0.15) is 11.0 Å². The highest BCUT2D eigenvalue weighted by atomic mass is 35.5. The maximum atomic E-state index is 6.12. The lowest BCUT2D eigenvalue weighted by atomic mass is 9.80. The molecule has 92 valence electrons. The molecule has 2 aromatic rings. The van der Waals surface area contributed by atoms with Crippen LogP contribution in [0.5, 0.6) is 0 Å². The first-order chi connectivity index (χ1) is 7.89. The van der Waals surface area contributed by atoms with Crippen LogP contribution in [0.4, 0.5) is 0 Å². The van der Waals surface area contributed by atoms with Gasteiger partial charge in [0.05, 0.1) is 12.4 Å². The van der Waals surface area contributed by atoms with Crippen molar-refractivity contribution in [3.8, 4) is 0 Å². The molecule has 5 heteroatoms. The molecule has 0 aliphatic rings. The van der Waals surface area contributed by atoms with Gasteiger partial charge in [0, 0.05) is 6.42 Å². The maximum absolute atomic E-state index is 6.12. The fourth-order valence-electron chi connectivity index (χ4n) is 1.58. The zero-order chi connectivity index (χ0) is 12.6. The molecule has 0 spiro atoms. The minimum Gasteiger partial charge on any atom is -0.266 e. The Bertz CT molecular complexity index is 527. The molecule has 2 rings (SSSR count). The van der Waals surface area contributed by atoms with E-state index in [9.17, 15) is 0 Å². The summed E-state index contributed by atoms with van der Waals surface area (Å²) in [5.41, 5.74) is 0.944. The van der Waals surface area contributed by atoms with Crippen molar-refractivity contribution < 1.29 is 0 Å². The fraction of sp³-hybridized carbons (Fsp3) is 0.583. The van der Waals surface area contributed by atoms with Crippen molar-refractivity contribution >= 4 is 17.2 Å². The first kappa shape index (κ1) is 12.3.